The van der Waals surface area contributed by atoms with Gasteiger partial charge in [-0.05, 0) is 42.5 Å². The molecule has 1 aliphatic rings. The van der Waals surface area contributed by atoms with Crippen LogP contribution in [0.4, 0.5) is 0 Å². The number of amides is 1. The predicted molar refractivity (Wildman–Crippen MR) is 71.9 cm³/mol. The fraction of sp³-hybridized carbons (Fsp3) is 0.923. The van der Waals surface area contributed by atoms with E-state index in [-0.39, 0.29) is 11.8 Å². The van der Waals surface area contributed by atoms with Gasteiger partial charge in [0.25, 0.3) is 0 Å². The molecule has 1 saturated carbocycles. The van der Waals surface area contributed by atoms with E-state index in [2.05, 4.69) is 36.1 Å². The van der Waals surface area contributed by atoms with Gasteiger partial charge in [-0.2, -0.15) is 0 Å². The van der Waals surface area contributed by atoms with E-state index in [4.69, 9.17) is 5.53 Å². The van der Waals surface area contributed by atoms with Crippen LogP contribution in [0.15, 0.2) is 5.11 Å². The van der Waals surface area contributed by atoms with Gasteiger partial charge in [0.05, 0.1) is 0 Å². The normalized spacial score (nSPS) is 24.2. The summed E-state index contributed by atoms with van der Waals surface area (Å²) in [6, 6.07) is 0. The standard InChI is InChI=1S/C13H24N4O/c1-13(2,3)11-6-4-10(5-7-11)12(18)15-8-9-16-17-14/h10-11H,4-9H2,1-3H3,(H,15,18). The van der Waals surface area contributed by atoms with E-state index in [0.717, 1.165) is 31.6 Å². The quantitative estimate of drug-likeness (QED) is 0.354. The minimum atomic E-state index is 0.121. The third kappa shape index (κ3) is 4.57. The third-order valence-electron chi connectivity index (χ3n) is 3.90. The Morgan fingerprint density at radius 3 is 2.44 bits per heavy atom. The van der Waals surface area contributed by atoms with E-state index in [1.165, 1.54) is 0 Å². The van der Waals surface area contributed by atoms with E-state index in [9.17, 15) is 4.79 Å². The molecule has 0 atom stereocenters. The van der Waals surface area contributed by atoms with Crippen LogP contribution in [0.2, 0.25) is 0 Å². The summed E-state index contributed by atoms with van der Waals surface area (Å²) < 4.78 is 0. The summed E-state index contributed by atoms with van der Waals surface area (Å²) in [6.07, 6.45) is 4.24. The van der Waals surface area contributed by atoms with Gasteiger partial charge in [0.1, 0.15) is 0 Å². The first-order chi connectivity index (χ1) is 8.45. The summed E-state index contributed by atoms with van der Waals surface area (Å²) in [5.41, 5.74) is 8.48. The van der Waals surface area contributed by atoms with Crippen LogP contribution in [0.1, 0.15) is 46.5 Å². The summed E-state index contributed by atoms with van der Waals surface area (Å²) in [6.45, 7) is 7.61. The van der Waals surface area contributed by atoms with Crippen molar-refractivity contribution < 1.29 is 4.79 Å². The topological polar surface area (TPSA) is 77.9 Å². The summed E-state index contributed by atoms with van der Waals surface area (Å²) in [5.74, 6) is 0.995. The Balaban J connectivity index is 2.29. The SMILES string of the molecule is CC(C)(C)C1CCC(C(=O)NCCN=[N+]=[N-])CC1. The predicted octanol–water partition coefficient (Wildman–Crippen LogP) is 3.27. The molecule has 0 aliphatic heterocycles. The van der Waals surface area contributed by atoms with Crippen molar-refractivity contribution in [1.29, 1.82) is 0 Å². The smallest absolute Gasteiger partial charge is 0.223 e. The van der Waals surface area contributed by atoms with E-state index in [1.54, 1.807) is 0 Å². The second kappa shape index (κ2) is 6.64. The lowest BCUT2D eigenvalue weighted by Gasteiger charge is -2.36. The largest absolute Gasteiger partial charge is 0.356 e. The number of rotatable bonds is 4. The molecule has 0 aromatic carbocycles. The molecule has 5 nitrogen and oxygen atoms in total. The number of azide groups is 1. The molecule has 1 rings (SSSR count). The zero-order chi connectivity index (χ0) is 13.6. The van der Waals surface area contributed by atoms with Gasteiger partial charge < -0.3 is 5.32 Å². The summed E-state index contributed by atoms with van der Waals surface area (Å²) in [4.78, 5) is 14.5. The molecule has 0 radical (unpaired) electrons. The maximum Gasteiger partial charge on any atom is 0.223 e. The monoisotopic (exact) mass is 252 g/mol. The fourth-order valence-electron chi connectivity index (χ4n) is 2.64. The average molecular weight is 252 g/mol. The van der Waals surface area contributed by atoms with Gasteiger partial charge >= 0.3 is 0 Å². The fourth-order valence-corrected chi connectivity index (χ4v) is 2.64. The highest BCUT2D eigenvalue weighted by molar-refractivity contribution is 5.78. The van der Waals surface area contributed by atoms with Crippen LogP contribution >= 0.6 is 0 Å². The third-order valence-corrected chi connectivity index (χ3v) is 3.90. The van der Waals surface area contributed by atoms with E-state index < -0.39 is 0 Å². The number of carbonyl (C=O) groups is 1. The molecule has 1 amide bonds. The maximum atomic E-state index is 11.9. The van der Waals surface area contributed by atoms with Crippen LogP contribution in [-0.4, -0.2) is 19.0 Å². The lowest BCUT2D eigenvalue weighted by molar-refractivity contribution is -0.126. The molecule has 1 N–H and O–H groups in total. The molecule has 1 fully saturated rings. The number of nitrogens with one attached hydrogen (secondary N) is 1. The second-order valence-electron chi connectivity index (χ2n) is 6.16. The van der Waals surface area contributed by atoms with Crippen molar-refractivity contribution in [2.75, 3.05) is 13.1 Å². The Bertz CT molecular complexity index is 320. The minimum absolute atomic E-state index is 0.121. The summed E-state index contributed by atoms with van der Waals surface area (Å²) >= 11 is 0. The first kappa shape index (κ1) is 14.8. The van der Waals surface area contributed by atoms with Crippen LogP contribution in [0.5, 0.6) is 0 Å². The molecule has 18 heavy (non-hydrogen) atoms. The molecule has 5 heteroatoms. The Labute approximate surface area is 109 Å². The van der Waals surface area contributed by atoms with E-state index >= 15 is 0 Å². The molecule has 0 saturated heterocycles. The molecule has 1 aliphatic carbocycles. The van der Waals surface area contributed by atoms with Gasteiger partial charge in [0.2, 0.25) is 5.91 Å². The van der Waals surface area contributed by atoms with Crippen molar-refractivity contribution in [3.8, 4) is 0 Å². The van der Waals surface area contributed by atoms with Gasteiger partial charge in [-0.1, -0.05) is 25.9 Å². The Hall–Kier alpha value is -1.22. The summed E-state index contributed by atoms with van der Waals surface area (Å²) in [7, 11) is 0. The van der Waals surface area contributed by atoms with Crippen LogP contribution in [-0.2, 0) is 4.79 Å². The number of hydrogen-bond donors (Lipinski definition) is 1. The highest BCUT2D eigenvalue weighted by Crippen LogP contribution is 2.39. The van der Waals surface area contributed by atoms with Gasteiger partial charge in [-0.3, -0.25) is 4.79 Å². The number of nitrogens with zero attached hydrogens (tertiary/aromatic N) is 3. The lowest BCUT2D eigenvalue weighted by atomic mass is 9.70. The Kier molecular flexibility index (Phi) is 5.48. The average Bonchev–Trinajstić information content (AvgIpc) is 2.33. The molecule has 0 aromatic heterocycles. The molecule has 0 unspecified atom stereocenters. The van der Waals surface area contributed by atoms with Crippen LogP contribution < -0.4 is 5.32 Å². The summed E-state index contributed by atoms with van der Waals surface area (Å²) in [5, 5.41) is 6.24. The van der Waals surface area contributed by atoms with Crippen LogP contribution in [0, 0.1) is 17.3 Å². The number of hydrogen-bond acceptors (Lipinski definition) is 2. The van der Waals surface area contributed by atoms with Crippen molar-refractivity contribution in [1.82, 2.24) is 5.32 Å². The zero-order valence-corrected chi connectivity index (χ0v) is 11.6. The van der Waals surface area contributed by atoms with Crippen molar-refractivity contribution >= 4 is 5.91 Å². The van der Waals surface area contributed by atoms with Gasteiger partial charge in [-0.25, -0.2) is 0 Å². The van der Waals surface area contributed by atoms with Gasteiger partial charge in [0.15, 0.2) is 0 Å². The van der Waals surface area contributed by atoms with E-state index in [0.29, 0.717) is 18.5 Å². The zero-order valence-electron chi connectivity index (χ0n) is 11.6. The lowest BCUT2D eigenvalue weighted by Crippen LogP contribution is -2.36. The van der Waals surface area contributed by atoms with Crippen molar-refractivity contribution in [2.24, 2.45) is 22.4 Å². The first-order valence-electron chi connectivity index (χ1n) is 6.73. The van der Waals surface area contributed by atoms with Crippen molar-refractivity contribution in [2.45, 2.75) is 46.5 Å². The van der Waals surface area contributed by atoms with Crippen molar-refractivity contribution in [3.05, 3.63) is 10.4 Å². The highest BCUT2D eigenvalue weighted by Gasteiger charge is 2.32. The van der Waals surface area contributed by atoms with Crippen LogP contribution in [0.25, 0.3) is 10.4 Å². The molecular formula is C13H24N4O. The second-order valence-corrected chi connectivity index (χ2v) is 6.16. The number of carbonyl (C=O) groups excluding carboxylic acids is 1. The minimum Gasteiger partial charge on any atom is -0.356 e. The maximum absolute atomic E-state index is 11.9. The van der Waals surface area contributed by atoms with Crippen molar-refractivity contribution in [3.63, 3.8) is 0 Å². The molecular weight excluding hydrogens is 228 g/mol. The van der Waals surface area contributed by atoms with Gasteiger partial charge in [-0.15, -0.1) is 0 Å². The van der Waals surface area contributed by atoms with Crippen LogP contribution in [0.3, 0.4) is 0 Å². The van der Waals surface area contributed by atoms with E-state index in [1.807, 2.05) is 0 Å². The first-order valence-corrected chi connectivity index (χ1v) is 6.73. The Morgan fingerprint density at radius 1 is 1.33 bits per heavy atom. The molecule has 0 heterocycles. The van der Waals surface area contributed by atoms with Gasteiger partial charge in [0, 0.05) is 23.9 Å². The highest BCUT2D eigenvalue weighted by atomic mass is 16.1. The molecule has 0 aromatic rings. The molecule has 0 bridgehead atoms. The molecule has 0 spiro atoms. The molecule has 102 valence electrons. The Morgan fingerprint density at radius 2 is 1.94 bits per heavy atom.